The average Bonchev–Trinajstić information content (AvgIpc) is 2.53. The number of esters is 1. The fraction of sp³-hybridized carbons (Fsp3) is 0.588. The molecule has 0 aliphatic rings. The summed E-state index contributed by atoms with van der Waals surface area (Å²) in [6.45, 7) is 1.98. The molecule has 1 aromatic heterocycles. The Morgan fingerprint density at radius 2 is 2.08 bits per heavy atom. The Morgan fingerprint density at radius 3 is 2.54 bits per heavy atom. The summed E-state index contributed by atoms with van der Waals surface area (Å²) in [5, 5.41) is 9.16. The fourth-order valence-electron chi connectivity index (χ4n) is 1.93. The SMILES string of the molecule is COC(C=N[C@@H](CC(=O)OC(C)(C)C)c1ccc(OC(F)F)nc1)CO. The van der Waals surface area contributed by atoms with Gasteiger partial charge in [-0.2, -0.15) is 8.78 Å². The minimum atomic E-state index is -2.98. The maximum Gasteiger partial charge on any atom is 0.388 e. The van der Waals surface area contributed by atoms with Crippen LogP contribution in [0.3, 0.4) is 0 Å². The Labute approximate surface area is 151 Å². The number of hydrogen-bond acceptors (Lipinski definition) is 7. The Hall–Kier alpha value is -2.13. The number of carbonyl (C=O) groups excluding carboxylic acids is 1. The van der Waals surface area contributed by atoms with Gasteiger partial charge in [-0.15, -0.1) is 0 Å². The van der Waals surface area contributed by atoms with Crippen molar-refractivity contribution in [3.8, 4) is 5.88 Å². The Balaban J connectivity index is 2.97. The first kappa shape index (κ1) is 21.9. The van der Waals surface area contributed by atoms with Crippen LogP contribution in [0.1, 0.15) is 38.8 Å². The molecule has 0 fully saturated rings. The Kier molecular flexibility index (Phi) is 8.53. The largest absolute Gasteiger partial charge is 0.460 e. The molecule has 0 aliphatic heterocycles. The van der Waals surface area contributed by atoms with Crippen LogP contribution in [0.5, 0.6) is 5.88 Å². The lowest BCUT2D eigenvalue weighted by molar-refractivity contribution is -0.155. The summed E-state index contributed by atoms with van der Waals surface area (Å²) in [6.07, 6.45) is 1.95. The second-order valence-electron chi connectivity index (χ2n) is 6.37. The van der Waals surface area contributed by atoms with E-state index in [1.807, 2.05) is 0 Å². The lowest BCUT2D eigenvalue weighted by Gasteiger charge is -2.21. The number of aliphatic imine (C=N–C) groups is 1. The van der Waals surface area contributed by atoms with E-state index in [2.05, 4.69) is 14.7 Å². The van der Waals surface area contributed by atoms with E-state index >= 15 is 0 Å². The number of nitrogens with zero attached hydrogens (tertiary/aromatic N) is 2. The quantitative estimate of drug-likeness (QED) is 0.528. The van der Waals surface area contributed by atoms with Gasteiger partial charge in [0, 0.05) is 25.6 Å². The standard InChI is InChI=1S/C17H24F2N2O5/c1-17(2,3)26-15(23)7-13(20-9-12(10-22)24-4)11-5-6-14(21-8-11)25-16(18)19/h5-6,8-9,12-13,16,22H,7,10H2,1-4H3/t12?,13-/m0/s1. The molecule has 1 unspecified atom stereocenters. The molecule has 1 N–H and O–H groups in total. The highest BCUT2D eigenvalue weighted by Gasteiger charge is 2.22. The number of methoxy groups -OCH3 is 1. The number of aliphatic hydroxyl groups excluding tert-OH is 1. The van der Waals surface area contributed by atoms with Crippen LogP contribution in [0, 0.1) is 0 Å². The van der Waals surface area contributed by atoms with Crippen molar-refractivity contribution in [1.82, 2.24) is 4.98 Å². The first-order valence-electron chi connectivity index (χ1n) is 7.94. The van der Waals surface area contributed by atoms with Crippen LogP contribution in [0.4, 0.5) is 8.78 Å². The molecular weight excluding hydrogens is 350 g/mol. The number of halogens is 2. The molecule has 7 nitrogen and oxygen atoms in total. The van der Waals surface area contributed by atoms with E-state index in [4.69, 9.17) is 14.6 Å². The third kappa shape index (κ3) is 8.30. The van der Waals surface area contributed by atoms with E-state index in [0.29, 0.717) is 5.56 Å². The Bertz CT molecular complexity index is 584. The van der Waals surface area contributed by atoms with Crippen molar-refractivity contribution in [2.24, 2.45) is 4.99 Å². The molecule has 0 radical (unpaired) electrons. The zero-order valence-corrected chi connectivity index (χ0v) is 15.2. The molecule has 0 saturated heterocycles. The molecule has 9 heteroatoms. The lowest BCUT2D eigenvalue weighted by atomic mass is 10.1. The van der Waals surface area contributed by atoms with Gasteiger partial charge in [0.15, 0.2) is 0 Å². The van der Waals surface area contributed by atoms with Gasteiger partial charge < -0.3 is 19.3 Å². The monoisotopic (exact) mass is 374 g/mol. The van der Waals surface area contributed by atoms with Gasteiger partial charge in [-0.05, 0) is 32.4 Å². The number of hydrogen-bond donors (Lipinski definition) is 1. The highest BCUT2D eigenvalue weighted by Crippen LogP contribution is 2.24. The number of carbonyl (C=O) groups is 1. The molecule has 26 heavy (non-hydrogen) atoms. The summed E-state index contributed by atoms with van der Waals surface area (Å²) in [7, 11) is 1.41. The van der Waals surface area contributed by atoms with Crippen LogP contribution in [0.15, 0.2) is 23.3 Å². The molecule has 0 bridgehead atoms. The van der Waals surface area contributed by atoms with Crippen molar-refractivity contribution >= 4 is 12.2 Å². The van der Waals surface area contributed by atoms with Gasteiger partial charge in [0.1, 0.15) is 11.7 Å². The van der Waals surface area contributed by atoms with Gasteiger partial charge in [0.05, 0.1) is 19.1 Å². The normalized spacial score (nSPS) is 14.5. The van der Waals surface area contributed by atoms with E-state index in [1.54, 1.807) is 20.8 Å². The third-order valence-corrected chi connectivity index (χ3v) is 3.05. The van der Waals surface area contributed by atoms with Crippen LogP contribution < -0.4 is 4.74 Å². The molecule has 1 rings (SSSR count). The average molecular weight is 374 g/mol. The maximum absolute atomic E-state index is 12.2. The van der Waals surface area contributed by atoms with Crippen molar-refractivity contribution in [1.29, 1.82) is 0 Å². The minimum Gasteiger partial charge on any atom is -0.460 e. The molecule has 0 amide bonds. The summed E-state index contributed by atoms with van der Waals surface area (Å²) in [4.78, 5) is 20.2. The van der Waals surface area contributed by atoms with Crippen LogP contribution in [0.2, 0.25) is 0 Å². The van der Waals surface area contributed by atoms with Gasteiger partial charge >= 0.3 is 12.6 Å². The van der Waals surface area contributed by atoms with E-state index in [0.717, 1.165) is 0 Å². The molecule has 1 aromatic rings. The van der Waals surface area contributed by atoms with Crippen LogP contribution in [0.25, 0.3) is 0 Å². The molecule has 1 heterocycles. The van der Waals surface area contributed by atoms with Gasteiger partial charge in [-0.1, -0.05) is 0 Å². The summed E-state index contributed by atoms with van der Waals surface area (Å²) in [5.41, 5.74) is -0.153. The van der Waals surface area contributed by atoms with Gasteiger partial charge in [-0.25, -0.2) is 4.98 Å². The van der Waals surface area contributed by atoms with Crippen molar-refractivity contribution in [3.63, 3.8) is 0 Å². The lowest BCUT2D eigenvalue weighted by Crippen LogP contribution is -2.25. The topological polar surface area (TPSA) is 90.2 Å². The molecule has 0 saturated carbocycles. The third-order valence-electron chi connectivity index (χ3n) is 3.05. The van der Waals surface area contributed by atoms with E-state index in [1.165, 1.54) is 31.7 Å². The number of ether oxygens (including phenoxy) is 3. The van der Waals surface area contributed by atoms with Crippen molar-refractivity contribution in [2.45, 2.75) is 51.6 Å². The van der Waals surface area contributed by atoms with Crippen LogP contribution >= 0.6 is 0 Å². The van der Waals surface area contributed by atoms with Gasteiger partial charge in [0.25, 0.3) is 0 Å². The Morgan fingerprint density at radius 1 is 1.38 bits per heavy atom. The number of rotatable bonds is 9. The zero-order chi connectivity index (χ0) is 19.7. The van der Waals surface area contributed by atoms with Crippen LogP contribution in [-0.2, 0) is 14.3 Å². The van der Waals surface area contributed by atoms with Crippen molar-refractivity contribution < 1.29 is 32.9 Å². The minimum absolute atomic E-state index is 0.0909. The second kappa shape index (κ2) is 10.1. The fourth-order valence-corrected chi connectivity index (χ4v) is 1.93. The highest BCUT2D eigenvalue weighted by molar-refractivity contribution is 5.72. The summed E-state index contributed by atoms with van der Waals surface area (Å²) >= 11 is 0. The predicted octanol–water partition coefficient (Wildman–Crippen LogP) is 2.53. The molecule has 146 valence electrons. The number of alkyl halides is 2. The maximum atomic E-state index is 12.2. The second-order valence-corrected chi connectivity index (χ2v) is 6.37. The molecule has 2 atom stereocenters. The summed E-state index contributed by atoms with van der Waals surface area (Å²) in [5.74, 6) is -0.723. The zero-order valence-electron chi connectivity index (χ0n) is 15.2. The van der Waals surface area contributed by atoms with Gasteiger partial charge in [-0.3, -0.25) is 9.79 Å². The molecule has 0 aromatic carbocycles. The van der Waals surface area contributed by atoms with Crippen LogP contribution in [-0.4, -0.2) is 54.3 Å². The number of aromatic nitrogens is 1. The van der Waals surface area contributed by atoms with E-state index in [9.17, 15) is 13.6 Å². The van der Waals surface area contributed by atoms with E-state index in [-0.39, 0.29) is 18.9 Å². The van der Waals surface area contributed by atoms with Gasteiger partial charge in [0.2, 0.25) is 5.88 Å². The van der Waals surface area contributed by atoms with Crippen molar-refractivity contribution in [2.75, 3.05) is 13.7 Å². The molecule has 0 spiro atoms. The molecular formula is C17H24F2N2O5. The first-order chi connectivity index (χ1) is 12.1. The first-order valence-corrected chi connectivity index (χ1v) is 7.94. The number of aliphatic hydroxyl groups is 1. The number of pyridine rings is 1. The van der Waals surface area contributed by atoms with E-state index < -0.39 is 30.3 Å². The summed E-state index contributed by atoms with van der Waals surface area (Å²) in [6, 6.07) is 2.07. The van der Waals surface area contributed by atoms with Crippen molar-refractivity contribution in [3.05, 3.63) is 23.9 Å². The predicted molar refractivity (Wildman–Crippen MR) is 90.4 cm³/mol. The smallest absolute Gasteiger partial charge is 0.388 e. The molecule has 0 aliphatic carbocycles. The highest BCUT2D eigenvalue weighted by atomic mass is 19.3. The summed E-state index contributed by atoms with van der Waals surface area (Å²) < 4.78 is 38.9.